The zero-order valence-corrected chi connectivity index (χ0v) is 13.4. The molecule has 0 aliphatic carbocycles. The predicted octanol–water partition coefficient (Wildman–Crippen LogP) is 2.17. The number of nitrogens with two attached hydrogens (primary N) is 1. The summed E-state index contributed by atoms with van der Waals surface area (Å²) >= 11 is 0. The molecule has 1 atom stereocenters. The number of ether oxygens (including phenoxy) is 1. The molecule has 1 unspecified atom stereocenters. The van der Waals surface area contributed by atoms with Crippen LogP contribution in [0.3, 0.4) is 0 Å². The fraction of sp³-hybridized carbons (Fsp3) is 0.353. The monoisotopic (exact) mass is 330 g/mol. The third-order valence-corrected chi connectivity index (χ3v) is 4.15. The van der Waals surface area contributed by atoms with Crippen LogP contribution in [0.5, 0.6) is 0 Å². The highest BCUT2D eigenvalue weighted by Gasteiger charge is 2.32. The largest absolute Gasteiger partial charge is 0.375 e. The highest BCUT2D eigenvalue weighted by molar-refractivity contribution is 5.79. The molecule has 6 nitrogen and oxygen atoms in total. The minimum atomic E-state index is -0.311. The molecule has 1 fully saturated rings. The van der Waals surface area contributed by atoms with E-state index in [2.05, 4.69) is 9.97 Å². The van der Waals surface area contributed by atoms with Gasteiger partial charge in [-0.05, 0) is 30.5 Å². The van der Waals surface area contributed by atoms with Crippen molar-refractivity contribution in [3.8, 4) is 11.1 Å². The molecule has 1 amide bonds. The number of likely N-dealkylation sites (tertiary alicyclic amines) is 1. The zero-order valence-electron chi connectivity index (χ0n) is 13.4. The number of nitrogens with zero attached hydrogens (tertiary/aromatic N) is 3. The molecule has 0 bridgehead atoms. The fourth-order valence-corrected chi connectivity index (χ4v) is 3.07. The smallest absolute Gasteiger partial charge is 0.249 e. The van der Waals surface area contributed by atoms with Gasteiger partial charge in [0, 0.05) is 25.4 Å². The highest BCUT2D eigenvalue weighted by atomic mass is 19.1. The summed E-state index contributed by atoms with van der Waals surface area (Å²) in [5.74, 6) is -0.237. The second-order valence-corrected chi connectivity index (χ2v) is 5.71. The molecule has 1 aromatic carbocycles. The van der Waals surface area contributed by atoms with E-state index in [0.29, 0.717) is 12.2 Å². The Bertz CT molecular complexity index is 736. The van der Waals surface area contributed by atoms with Crippen molar-refractivity contribution in [2.45, 2.75) is 18.9 Å². The van der Waals surface area contributed by atoms with Gasteiger partial charge in [0.05, 0.1) is 11.7 Å². The average molecular weight is 330 g/mol. The van der Waals surface area contributed by atoms with Gasteiger partial charge in [0.1, 0.15) is 12.4 Å². The summed E-state index contributed by atoms with van der Waals surface area (Å²) in [6.07, 6.45) is 3.30. The maximum absolute atomic E-state index is 13.2. The van der Waals surface area contributed by atoms with Crippen molar-refractivity contribution in [2.75, 3.05) is 26.0 Å². The second kappa shape index (κ2) is 6.92. The molecule has 3 rings (SSSR count). The third-order valence-electron chi connectivity index (χ3n) is 4.15. The lowest BCUT2D eigenvalue weighted by Gasteiger charge is -2.25. The molecule has 1 aliphatic rings. The number of methoxy groups -OCH3 is 1. The van der Waals surface area contributed by atoms with E-state index in [0.717, 1.165) is 24.0 Å². The van der Waals surface area contributed by atoms with E-state index in [1.165, 1.54) is 19.2 Å². The normalized spacial score (nSPS) is 17.2. The third kappa shape index (κ3) is 3.21. The molecular formula is C17H19FN4O2. The minimum absolute atomic E-state index is 0.0307. The quantitative estimate of drug-likeness (QED) is 0.929. The van der Waals surface area contributed by atoms with Crippen LogP contribution in [-0.4, -0.2) is 41.0 Å². The molecule has 2 N–H and O–H groups in total. The molecule has 7 heteroatoms. The number of benzene rings is 1. The average Bonchev–Trinajstić information content (AvgIpc) is 3.05. The van der Waals surface area contributed by atoms with Crippen LogP contribution in [0.2, 0.25) is 0 Å². The molecule has 1 saturated heterocycles. The summed E-state index contributed by atoms with van der Waals surface area (Å²) in [5.41, 5.74) is 8.00. The molecule has 2 aromatic rings. The molecule has 2 heterocycles. The Morgan fingerprint density at radius 1 is 1.42 bits per heavy atom. The van der Waals surface area contributed by atoms with Crippen LogP contribution >= 0.6 is 0 Å². The Morgan fingerprint density at radius 2 is 2.17 bits per heavy atom. The van der Waals surface area contributed by atoms with Crippen molar-refractivity contribution in [3.05, 3.63) is 42.0 Å². The van der Waals surface area contributed by atoms with E-state index < -0.39 is 0 Å². The number of nitrogen functional groups attached to an aromatic ring is 1. The first-order chi connectivity index (χ1) is 11.6. The summed E-state index contributed by atoms with van der Waals surface area (Å²) in [6.45, 7) is 0.683. The Morgan fingerprint density at radius 3 is 2.88 bits per heavy atom. The van der Waals surface area contributed by atoms with Gasteiger partial charge in [-0.25, -0.2) is 14.4 Å². The summed E-state index contributed by atoms with van der Waals surface area (Å²) in [4.78, 5) is 22.5. The van der Waals surface area contributed by atoms with Gasteiger partial charge in [0.25, 0.3) is 0 Å². The van der Waals surface area contributed by atoms with Crippen LogP contribution in [0.1, 0.15) is 24.6 Å². The molecule has 0 radical (unpaired) electrons. The number of aromatic nitrogens is 2. The summed E-state index contributed by atoms with van der Waals surface area (Å²) in [5, 5.41) is 0. The van der Waals surface area contributed by atoms with Crippen LogP contribution in [0.4, 0.5) is 10.3 Å². The second-order valence-electron chi connectivity index (χ2n) is 5.71. The lowest BCUT2D eigenvalue weighted by Crippen LogP contribution is -2.34. The van der Waals surface area contributed by atoms with Crippen LogP contribution < -0.4 is 5.73 Å². The van der Waals surface area contributed by atoms with Crippen LogP contribution in [0.15, 0.2) is 30.5 Å². The van der Waals surface area contributed by atoms with Gasteiger partial charge in [-0.1, -0.05) is 12.1 Å². The summed E-state index contributed by atoms with van der Waals surface area (Å²) < 4.78 is 18.2. The van der Waals surface area contributed by atoms with E-state index in [4.69, 9.17) is 10.5 Å². The number of anilines is 1. The molecule has 1 aliphatic heterocycles. The van der Waals surface area contributed by atoms with Crippen LogP contribution in [0, 0.1) is 5.82 Å². The van der Waals surface area contributed by atoms with Gasteiger partial charge in [-0.15, -0.1) is 0 Å². The molecule has 24 heavy (non-hydrogen) atoms. The van der Waals surface area contributed by atoms with Gasteiger partial charge < -0.3 is 15.4 Å². The van der Waals surface area contributed by atoms with Crippen molar-refractivity contribution in [3.63, 3.8) is 0 Å². The Hall–Kier alpha value is -2.54. The standard InChI is InChI=1S/C17H19FN4O2/c1-24-10-15(23)22-8-2-3-14(22)16-13(9-20-17(19)21-16)11-4-6-12(18)7-5-11/h4-7,9,14H,2-3,8,10H2,1H3,(H2,19,20,21). The van der Waals surface area contributed by atoms with E-state index in [1.54, 1.807) is 23.2 Å². The topological polar surface area (TPSA) is 81.3 Å². The Balaban J connectivity index is 2.01. The first-order valence-electron chi connectivity index (χ1n) is 7.77. The first-order valence-corrected chi connectivity index (χ1v) is 7.77. The number of hydrogen-bond donors (Lipinski definition) is 1. The minimum Gasteiger partial charge on any atom is -0.375 e. The fourth-order valence-electron chi connectivity index (χ4n) is 3.07. The van der Waals surface area contributed by atoms with Crippen molar-refractivity contribution >= 4 is 11.9 Å². The number of carbonyl (C=O) groups excluding carboxylic acids is 1. The Kier molecular flexibility index (Phi) is 4.71. The highest BCUT2D eigenvalue weighted by Crippen LogP contribution is 2.36. The molecule has 126 valence electrons. The number of hydrogen-bond acceptors (Lipinski definition) is 5. The van der Waals surface area contributed by atoms with Gasteiger partial charge in [-0.2, -0.15) is 0 Å². The Labute approximate surface area is 139 Å². The van der Waals surface area contributed by atoms with Gasteiger partial charge in [0.15, 0.2) is 0 Å². The number of halogens is 1. The van der Waals surface area contributed by atoms with Gasteiger partial charge in [0.2, 0.25) is 11.9 Å². The van der Waals surface area contributed by atoms with Crippen molar-refractivity contribution in [1.29, 1.82) is 0 Å². The van der Waals surface area contributed by atoms with E-state index in [9.17, 15) is 9.18 Å². The molecule has 1 aromatic heterocycles. The van der Waals surface area contributed by atoms with E-state index >= 15 is 0 Å². The zero-order chi connectivity index (χ0) is 17.1. The number of rotatable bonds is 4. The lowest BCUT2D eigenvalue weighted by molar-refractivity contribution is -0.136. The van der Waals surface area contributed by atoms with Gasteiger partial charge in [-0.3, -0.25) is 4.79 Å². The predicted molar refractivity (Wildman–Crippen MR) is 87.4 cm³/mol. The number of amides is 1. The van der Waals surface area contributed by atoms with Crippen molar-refractivity contribution in [2.24, 2.45) is 0 Å². The van der Waals surface area contributed by atoms with Crippen molar-refractivity contribution < 1.29 is 13.9 Å². The molecule has 0 spiro atoms. The van der Waals surface area contributed by atoms with E-state index in [-0.39, 0.29) is 30.3 Å². The maximum Gasteiger partial charge on any atom is 0.249 e. The number of carbonyl (C=O) groups is 1. The first kappa shape index (κ1) is 16.3. The SMILES string of the molecule is COCC(=O)N1CCCC1c1nc(N)ncc1-c1ccc(F)cc1. The van der Waals surface area contributed by atoms with Gasteiger partial charge >= 0.3 is 0 Å². The lowest BCUT2D eigenvalue weighted by atomic mass is 10.00. The molecule has 0 saturated carbocycles. The summed E-state index contributed by atoms with van der Waals surface area (Å²) in [6, 6.07) is 5.93. The van der Waals surface area contributed by atoms with Crippen molar-refractivity contribution in [1.82, 2.24) is 14.9 Å². The molecular weight excluding hydrogens is 311 g/mol. The maximum atomic E-state index is 13.2. The van der Waals surface area contributed by atoms with E-state index in [1.807, 2.05) is 0 Å². The van der Waals surface area contributed by atoms with Crippen LogP contribution in [0.25, 0.3) is 11.1 Å². The summed E-state index contributed by atoms with van der Waals surface area (Å²) in [7, 11) is 1.50. The van der Waals surface area contributed by atoms with Crippen LogP contribution in [-0.2, 0) is 9.53 Å².